The molecule has 0 aliphatic heterocycles. The van der Waals surface area contributed by atoms with Crippen LogP contribution < -0.4 is 4.74 Å². The monoisotopic (exact) mass is 353 g/mol. The molecular formula is C8H5F5INO. The molecule has 0 radical (unpaired) electrons. The number of hydrogen-bond donors (Lipinski definition) is 0. The van der Waals surface area contributed by atoms with Gasteiger partial charge in [0.05, 0.1) is 11.8 Å². The molecule has 90 valence electrons. The molecule has 1 rings (SSSR count). The summed E-state index contributed by atoms with van der Waals surface area (Å²) >= 11 is 1.53. The van der Waals surface area contributed by atoms with E-state index in [0.717, 1.165) is 13.1 Å². The number of ether oxygens (including phenoxy) is 1. The fourth-order valence-electron chi connectivity index (χ4n) is 1.05. The zero-order chi connectivity index (χ0) is 12.5. The van der Waals surface area contributed by atoms with Crippen molar-refractivity contribution in [2.45, 2.75) is 19.7 Å². The molecule has 0 aliphatic rings. The molecule has 8 heteroatoms. The SMILES string of the molecule is Cc1c(OC(F)(F)F)cnc(I)c1C(F)F. The summed E-state index contributed by atoms with van der Waals surface area (Å²) < 4.78 is 64.3. The minimum atomic E-state index is -4.92. The molecule has 0 aliphatic carbocycles. The van der Waals surface area contributed by atoms with Gasteiger partial charge in [0.1, 0.15) is 3.70 Å². The van der Waals surface area contributed by atoms with Gasteiger partial charge >= 0.3 is 6.36 Å². The van der Waals surface area contributed by atoms with Crippen LogP contribution in [0.1, 0.15) is 17.6 Å². The van der Waals surface area contributed by atoms with Crippen molar-refractivity contribution in [1.82, 2.24) is 4.98 Å². The first-order chi connectivity index (χ1) is 7.22. The summed E-state index contributed by atoms with van der Waals surface area (Å²) in [6, 6.07) is 0. The lowest BCUT2D eigenvalue weighted by Crippen LogP contribution is -2.18. The van der Waals surface area contributed by atoms with Crippen LogP contribution in [0.4, 0.5) is 22.0 Å². The molecule has 0 bridgehead atoms. The minimum absolute atomic E-state index is 0.0420. The summed E-state index contributed by atoms with van der Waals surface area (Å²) in [7, 11) is 0. The zero-order valence-corrected chi connectivity index (χ0v) is 9.94. The topological polar surface area (TPSA) is 22.1 Å². The van der Waals surface area contributed by atoms with Crippen LogP contribution in [0.5, 0.6) is 5.75 Å². The number of rotatable bonds is 2. The lowest BCUT2D eigenvalue weighted by molar-refractivity contribution is -0.275. The van der Waals surface area contributed by atoms with Crippen LogP contribution in [0, 0.1) is 10.6 Å². The Hall–Kier alpha value is -0.670. The van der Waals surface area contributed by atoms with E-state index in [2.05, 4.69) is 9.72 Å². The van der Waals surface area contributed by atoms with Crippen molar-refractivity contribution in [2.24, 2.45) is 0 Å². The lowest BCUT2D eigenvalue weighted by Gasteiger charge is -2.14. The first kappa shape index (κ1) is 13.4. The molecule has 0 saturated heterocycles. The van der Waals surface area contributed by atoms with Crippen molar-refractivity contribution in [3.8, 4) is 5.75 Å². The highest BCUT2D eigenvalue weighted by Crippen LogP contribution is 2.33. The van der Waals surface area contributed by atoms with Crippen LogP contribution in [0.25, 0.3) is 0 Å². The highest BCUT2D eigenvalue weighted by Gasteiger charge is 2.33. The first-order valence-electron chi connectivity index (χ1n) is 3.91. The molecule has 0 spiro atoms. The Labute approximate surface area is 101 Å². The normalized spacial score (nSPS) is 12.0. The number of pyridine rings is 1. The standard InChI is InChI=1S/C8H5F5INO/c1-3-4(16-8(11,12)13)2-15-7(14)5(3)6(9)10/h2,6H,1H3. The van der Waals surface area contributed by atoms with Crippen LogP contribution in [-0.4, -0.2) is 11.3 Å². The Morgan fingerprint density at radius 1 is 1.38 bits per heavy atom. The Morgan fingerprint density at radius 2 is 1.94 bits per heavy atom. The number of aromatic nitrogens is 1. The highest BCUT2D eigenvalue weighted by molar-refractivity contribution is 14.1. The van der Waals surface area contributed by atoms with Gasteiger partial charge in [-0.2, -0.15) is 0 Å². The number of nitrogens with zero attached hydrogens (tertiary/aromatic N) is 1. The fraction of sp³-hybridized carbons (Fsp3) is 0.375. The molecular weight excluding hydrogens is 348 g/mol. The second kappa shape index (κ2) is 4.68. The molecule has 0 unspecified atom stereocenters. The maximum absolute atomic E-state index is 12.5. The lowest BCUT2D eigenvalue weighted by atomic mass is 10.1. The predicted octanol–water partition coefficient (Wildman–Crippen LogP) is 3.83. The van der Waals surface area contributed by atoms with E-state index in [-0.39, 0.29) is 9.26 Å². The van der Waals surface area contributed by atoms with Crippen LogP contribution in [0.15, 0.2) is 6.20 Å². The molecule has 0 amide bonds. The van der Waals surface area contributed by atoms with Crippen molar-refractivity contribution in [2.75, 3.05) is 0 Å². The summed E-state index contributed by atoms with van der Waals surface area (Å²) in [6.07, 6.45) is -7.04. The van der Waals surface area contributed by atoms with Gasteiger partial charge in [0.15, 0.2) is 5.75 Å². The predicted molar refractivity (Wildman–Crippen MR) is 53.3 cm³/mol. The van der Waals surface area contributed by atoms with Gasteiger partial charge in [0, 0.05) is 5.56 Å². The Balaban J connectivity index is 3.19. The van der Waals surface area contributed by atoms with Gasteiger partial charge in [0.2, 0.25) is 0 Å². The quantitative estimate of drug-likeness (QED) is 0.458. The van der Waals surface area contributed by atoms with Gasteiger partial charge in [-0.1, -0.05) is 0 Å². The van der Waals surface area contributed by atoms with Gasteiger partial charge in [-0.3, -0.25) is 0 Å². The largest absolute Gasteiger partial charge is 0.573 e. The fourth-order valence-corrected chi connectivity index (χ4v) is 1.83. The second-order valence-corrected chi connectivity index (χ2v) is 3.82. The van der Waals surface area contributed by atoms with Crippen molar-refractivity contribution >= 4 is 22.6 Å². The van der Waals surface area contributed by atoms with E-state index < -0.39 is 24.1 Å². The summed E-state index contributed by atoms with van der Waals surface area (Å²) in [5, 5.41) is 0. The zero-order valence-electron chi connectivity index (χ0n) is 7.78. The van der Waals surface area contributed by atoms with Gasteiger partial charge in [-0.15, -0.1) is 13.2 Å². The van der Waals surface area contributed by atoms with E-state index in [1.54, 1.807) is 0 Å². The van der Waals surface area contributed by atoms with Crippen LogP contribution in [0.2, 0.25) is 0 Å². The summed E-state index contributed by atoms with van der Waals surface area (Å²) in [5.41, 5.74) is -0.797. The number of alkyl halides is 5. The maximum Gasteiger partial charge on any atom is 0.573 e. The van der Waals surface area contributed by atoms with E-state index in [0.29, 0.717) is 0 Å². The molecule has 1 aromatic heterocycles. The maximum atomic E-state index is 12.5. The van der Waals surface area contributed by atoms with Crippen molar-refractivity contribution in [3.63, 3.8) is 0 Å². The van der Waals surface area contributed by atoms with E-state index in [9.17, 15) is 22.0 Å². The molecule has 0 N–H and O–H groups in total. The Bertz CT molecular complexity index is 393. The third-order valence-corrected chi connectivity index (χ3v) is 2.59. The van der Waals surface area contributed by atoms with Gasteiger partial charge in [-0.25, -0.2) is 13.8 Å². The molecule has 16 heavy (non-hydrogen) atoms. The van der Waals surface area contributed by atoms with E-state index >= 15 is 0 Å². The first-order valence-corrected chi connectivity index (χ1v) is 4.99. The Kier molecular flexibility index (Phi) is 3.92. The average Bonchev–Trinajstić information content (AvgIpc) is 2.07. The number of halogens is 6. The minimum Gasteiger partial charge on any atom is -0.404 e. The van der Waals surface area contributed by atoms with Crippen LogP contribution in [0.3, 0.4) is 0 Å². The molecule has 1 aromatic rings. The van der Waals surface area contributed by atoms with E-state index in [1.165, 1.54) is 22.6 Å². The molecule has 2 nitrogen and oxygen atoms in total. The van der Waals surface area contributed by atoms with Crippen molar-refractivity contribution in [3.05, 3.63) is 21.0 Å². The summed E-state index contributed by atoms with van der Waals surface area (Å²) in [4.78, 5) is 3.43. The van der Waals surface area contributed by atoms with Gasteiger partial charge in [-0.05, 0) is 29.5 Å². The van der Waals surface area contributed by atoms with E-state index in [1.807, 2.05) is 0 Å². The second-order valence-electron chi connectivity index (χ2n) is 2.80. The molecule has 1 heterocycles. The Morgan fingerprint density at radius 3 is 2.38 bits per heavy atom. The van der Waals surface area contributed by atoms with Crippen LogP contribution >= 0.6 is 22.6 Å². The summed E-state index contributed by atoms with van der Waals surface area (Å²) in [6.45, 7) is 1.13. The molecule has 0 fully saturated rings. The molecule has 0 aromatic carbocycles. The van der Waals surface area contributed by atoms with Gasteiger partial charge in [0.25, 0.3) is 6.43 Å². The third-order valence-electron chi connectivity index (χ3n) is 1.73. The third kappa shape index (κ3) is 3.16. The van der Waals surface area contributed by atoms with Crippen LogP contribution in [-0.2, 0) is 0 Å². The van der Waals surface area contributed by atoms with Crippen molar-refractivity contribution < 1.29 is 26.7 Å². The van der Waals surface area contributed by atoms with E-state index in [4.69, 9.17) is 0 Å². The van der Waals surface area contributed by atoms with Gasteiger partial charge < -0.3 is 4.74 Å². The highest BCUT2D eigenvalue weighted by atomic mass is 127. The number of hydrogen-bond acceptors (Lipinski definition) is 2. The smallest absolute Gasteiger partial charge is 0.404 e. The molecule has 0 atom stereocenters. The van der Waals surface area contributed by atoms with Crippen molar-refractivity contribution in [1.29, 1.82) is 0 Å². The summed E-state index contributed by atoms with van der Waals surface area (Å²) in [5.74, 6) is -0.705. The molecule has 0 saturated carbocycles. The average molecular weight is 353 g/mol.